The number of amides is 1. The van der Waals surface area contributed by atoms with E-state index in [1.165, 1.54) is 9.69 Å². The predicted octanol–water partition coefficient (Wildman–Crippen LogP) is 3.26. The average molecular weight is 530 g/mol. The summed E-state index contributed by atoms with van der Waals surface area (Å²) in [7, 11) is 3.10. The lowest BCUT2D eigenvalue weighted by atomic mass is 10.1. The fourth-order valence-corrected chi connectivity index (χ4v) is 3.94. The molecule has 31 heavy (non-hydrogen) atoms. The minimum absolute atomic E-state index is 0.207. The number of halogens is 1. The first-order valence-electron chi connectivity index (χ1n) is 9.36. The average Bonchev–Trinajstić information content (AvgIpc) is 3.02. The number of fused-ring (bicyclic) bond motifs is 1. The summed E-state index contributed by atoms with van der Waals surface area (Å²) in [6, 6.07) is 10.7. The van der Waals surface area contributed by atoms with Gasteiger partial charge in [0.2, 0.25) is 0 Å². The van der Waals surface area contributed by atoms with Crippen molar-refractivity contribution in [2.45, 2.75) is 13.8 Å². The third-order valence-electron chi connectivity index (χ3n) is 4.88. The Balaban J connectivity index is 1.79. The van der Waals surface area contributed by atoms with Gasteiger partial charge < -0.3 is 9.47 Å². The maximum absolute atomic E-state index is 13.2. The molecule has 0 spiro atoms. The van der Waals surface area contributed by atoms with Crippen molar-refractivity contribution in [1.29, 1.82) is 0 Å². The van der Waals surface area contributed by atoms with Crippen molar-refractivity contribution in [1.82, 2.24) is 9.66 Å². The molecule has 3 aromatic rings. The summed E-state index contributed by atoms with van der Waals surface area (Å²) in [4.78, 5) is 35.3. The summed E-state index contributed by atoms with van der Waals surface area (Å²) < 4.78 is 12.8. The van der Waals surface area contributed by atoms with Gasteiger partial charge in [0.1, 0.15) is 17.4 Å². The molecule has 1 aliphatic rings. The number of carbonyl (C=O) groups excluding carboxylic acids is 1. The Hall–Kier alpha value is -3.21. The molecule has 1 amide bonds. The second kappa shape index (κ2) is 8.14. The van der Waals surface area contributed by atoms with Crippen molar-refractivity contribution >= 4 is 51.3 Å². The molecule has 9 heteroatoms. The zero-order valence-electron chi connectivity index (χ0n) is 17.3. The number of amidine groups is 1. The number of benzene rings is 2. The molecule has 8 nitrogen and oxygen atoms in total. The zero-order valence-corrected chi connectivity index (χ0v) is 19.5. The van der Waals surface area contributed by atoms with Gasteiger partial charge in [0.15, 0.2) is 11.5 Å². The number of aromatic nitrogens is 2. The van der Waals surface area contributed by atoms with Gasteiger partial charge in [0.25, 0.3) is 11.5 Å². The zero-order chi connectivity index (χ0) is 22.3. The molecule has 0 fully saturated rings. The molecule has 2 heterocycles. The van der Waals surface area contributed by atoms with Crippen LogP contribution in [0.4, 0.5) is 0 Å². The third kappa shape index (κ3) is 3.69. The largest absolute Gasteiger partial charge is 0.493 e. The lowest BCUT2D eigenvalue weighted by Gasteiger charge is -2.20. The van der Waals surface area contributed by atoms with E-state index in [1.54, 1.807) is 64.5 Å². The van der Waals surface area contributed by atoms with Crippen LogP contribution < -0.4 is 20.0 Å². The van der Waals surface area contributed by atoms with Crippen molar-refractivity contribution in [3.05, 3.63) is 67.4 Å². The van der Waals surface area contributed by atoms with Crippen LogP contribution in [0.1, 0.15) is 18.3 Å². The Bertz CT molecular complexity index is 1340. The van der Waals surface area contributed by atoms with Gasteiger partial charge in [-0.15, -0.1) is 0 Å². The molecular weight excluding hydrogens is 511 g/mol. The van der Waals surface area contributed by atoms with Crippen molar-refractivity contribution in [3.8, 4) is 11.5 Å². The lowest BCUT2D eigenvalue weighted by molar-refractivity contribution is -0.115. The summed E-state index contributed by atoms with van der Waals surface area (Å²) in [6.45, 7) is 3.37. The minimum atomic E-state index is -0.413. The molecule has 0 saturated carbocycles. The van der Waals surface area contributed by atoms with Crippen LogP contribution in [0.3, 0.4) is 0 Å². The molecule has 2 aromatic carbocycles. The second-order valence-electron chi connectivity index (χ2n) is 6.86. The molecule has 0 aliphatic carbocycles. The topological polar surface area (TPSA) is 86.0 Å². The van der Waals surface area contributed by atoms with Crippen LogP contribution in [0, 0.1) is 10.5 Å². The minimum Gasteiger partial charge on any atom is -0.493 e. The van der Waals surface area contributed by atoms with Gasteiger partial charge in [0.05, 0.1) is 25.1 Å². The fourth-order valence-electron chi connectivity index (χ4n) is 3.45. The van der Waals surface area contributed by atoms with E-state index in [4.69, 9.17) is 9.47 Å². The number of hydrogen-bond donors (Lipinski definition) is 0. The van der Waals surface area contributed by atoms with Crippen molar-refractivity contribution in [3.63, 3.8) is 0 Å². The van der Waals surface area contributed by atoms with E-state index in [1.807, 2.05) is 6.07 Å². The van der Waals surface area contributed by atoms with Crippen molar-refractivity contribution in [2.24, 2.45) is 4.99 Å². The molecule has 0 N–H and O–H groups in total. The predicted molar refractivity (Wildman–Crippen MR) is 127 cm³/mol. The van der Waals surface area contributed by atoms with Crippen LogP contribution in [0.15, 0.2) is 51.9 Å². The Kier molecular flexibility index (Phi) is 5.52. The number of carbonyl (C=O) groups is 1. The number of aliphatic imine (C=N–C) groups is 1. The standard InChI is InChI=1S/C22H19IN4O4/c1-12-24-17-7-6-15(23)11-16(17)21(28)26(12)27-13(2)25-18(22(27)29)9-14-5-8-19(30-3)20(10-14)31-4/h5-11H,1-4H3. The number of ether oxygens (including phenoxy) is 2. The van der Waals surface area contributed by atoms with Crippen LogP contribution in [0.5, 0.6) is 11.5 Å². The highest BCUT2D eigenvalue weighted by Crippen LogP contribution is 2.29. The summed E-state index contributed by atoms with van der Waals surface area (Å²) in [5, 5.41) is 1.70. The lowest BCUT2D eigenvalue weighted by Crippen LogP contribution is -2.48. The Morgan fingerprint density at radius 3 is 2.45 bits per heavy atom. The van der Waals surface area contributed by atoms with E-state index in [2.05, 4.69) is 32.6 Å². The van der Waals surface area contributed by atoms with Crippen LogP contribution >= 0.6 is 22.6 Å². The molecule has 1 aliphatic heterocycles. The van der Waals surface area contributed by atoms with Gasteiger partial charge in [-0.05, 0) is 78.4 Å². The summed E-state index contributed by atoms with van der Waals surface area (Å²) in [5.74, 6) is 1.50. The number of aryl methyl sites for hydroxylation is 1. The number of rotatable bonds is 4. The van der Waals surface area contributed by atoms with Gasteiger partial charge in [-0.1, -0.05) is 6.07 Å². The quantitative estimate of drug-likeness (QED) is 0.382. The van der Waals surface area contributed by atoms with Gasteiger partial charge in [-0.3, -0.25) is 9.59 Å². The van der Waals surface area contributed by atoms with Gasteiger partial charge >= 0.3 is 0 Å². The van der Waals surface area contributed by atoms with Crippen molar-refractivity contribution in [2.75, 3.05) is 19.2 Å². The normalized spacial score (nSPS) is 15.0. The monoisotopic (exact) mass is 530 g/mol. The van der Waals surface area contributed by atoms with E-state index < -0.39 is 5.91 Å². The molecule has 158 valence electrons. The summed E-state index contributed by atoms with van der Waals surface area (Å²) in [5.41, 5.74) is 1.19. The van der Waals surface area contributed by atoms with Crippen molar-refractivity contribution < 1.29 is 14.3 Å². The highest BCUT2D eigenvalue weighted by Gasteiger charge is 2.31. The molecule has 0 atom stereocenters. The molecule has 0 unspecified atom stereocenters. The molecule has 0 saturated heterocycles. The number of methoxy groups -OCH3 is 2. The molecule has 4 rings (SSSR count). The molecular formula is C22H19IN4O4. The first-order valence-corrected chi connectivity index (χ1v) is 10.4. The highest BCUT2D eigenvalue weighted by molar-refractivity contribution is 14.1. The molecule has 0 bridgehead atoms. The fraction of sp³-hybridized carbons (Fsp3) is 0.182. The van der Waals surface area contributed by atoms with Gasteiger partial charge in [-0.2, -0.15) is 9.69 Å². The summed E-state index contributed by atoms with van der Waals surface area (Å²) in [6.07, 6.45) is 1.64. The number of nitrogens with zero attached hydrogens (tertiary/aromatic N) is 4. The number of hydrogen-bond acceptors (Lipinski definition) is 6. The maximum atomic E-state index is 13.2. The Morgan fingerprint density at radius 1 is 1.00 bits per heavy atom. The van der Waals surface area contributed by atoms with E-state index in [-0.39, 0.29) is 11.3 Å². The van der Waals surface area contributed by atoms with E-state index in [9.17, 15) is 9.59 Å². The first-order chi connectivity index (χ1) is 14.8. The highest BCUT2D eigenvalue weighted by atomic mass is 127. The van der Waals surface area contributed by atoms with Crippen LogP contribution in [-0.4, -0.2) is 35.6 Å². The van der Waals surface area contributed by atoms with Crippen LogP contribution in [0.2, 0.25) is 0 Å². The summed E-state index contributed by atoms with van der Waals surface area (Å²) >= 11 is 2.14. The third-order valence-corrected chi connectivity index (χ3v) is 5.55. The van der Waals surface area contributed by atoms with Gasteiger partial charge in [-0.25, -0.2) is 9.98 Å². The molecule has 1 aromatic heterocycles. The maximum Gasteiger partial charge on any atom is 0.297 e. The first kappa shape index (κ1) is 21.0. The van der Waals surface area contributed by atoms with E-state index >= 15 is 0 Å². The van der Waals surface area contributed by atoms with Gasteiger partial charge in [0, 0.05) is 3.57 Å². The van der Waals surface area contributed by atoms with E-state index in [0.717, 1.165) is 9.13 Å². The second-order valence-corrected chi connectivity index (χ2v) is 8.10. The van der Waals surface area contributed by atoms with Crippen LogP contribution in [0.25, 0.3) is 17.0 Å². The van der Waals surface area contributed by atoms with Crippen LogP contribution in [-0.2, 0) is 4.79 Å². The smallest absolute Gasteiger partial charge is 0.297 e. The molecule has 0 radical (unpaired) electrons. The van der Waals surface area contributed by atoms with E-state index in [0.29, 0.717) is 34.1 Å². The SMILES string of the molecule is COc1ccc(C=C2N=C(C)N(n3c(C)nc4ccc(I)cc4c3=O)C2=O)cc1OC. The Morgan fingerprint density at radius 2 is 1.74 bits per heavy atom. The Labute approximate surface area is 191 Å².